The van der Waals surface area contributed by atoms with Gasteiger partial charge >= 0.3 is 0 Å². The number of carbonyl (C=O) groups excluding carboxylic acids is 2. The Morgan fingerprint density at radius 3 is 2.56 bits per heavy atom. The van der Waals surface area contributed by atoms with Crippen molar-refractivity contribution in [2.24, 2.45) is 0 Å². The number of carbonyl (C=O) groups is 2. The predicted molar refractivity (Wildman–Crippen MR) is 99.0 cm³/mol. The number of amides is 2. The Kier molecular flexibility index (Phi) is 5.87. The molecule has 0 unspecified atom stereocenters. The summed E-state index contributed by atoms with van der Waals surface area (Å²) in [5, 5.41) is 2.77. The van der Waals surface area contributed by atoms with Gasteiger partial charge in [0.2, 0.25) is 11.8 Å². The molecule has 1 fully saturated rings. The Morgan fingerprint density at radius 2 is 1.88 bits per heavy atom. The number of hydrogen-bond acceptors (Lipinski definition) is 3. The van der Waals surface area contributed by atoms with Gasteiger partial charge in [0.1, 0.15) is 0 Å². The maximum absolute atomic E-state index is 12.1. The third-order valence-electron chi connectivity index (χ3n) is 5.05. The molecule has 5 nitrogen and oxygen atoms in total. The van der Waals surface area contributed by atoms with Crippen LogP contribution < -0.4 is 5.32 Å². The van der Waals surface area contributed by atoms with Crippen molar-refractivity contribution < 1.29 is 9.59 Å². The van der Waals surface area contributed by atoms with E-state index in [2.05, 4.69) is 47.5 Å². The van der Waals surface area contributed by atoms with E-state index >= 15 is 0 Å². The third kappa shape index (κ3) is 4.69. The second-order valence-corrected chi connectivity index (χ2v) is 6.89. The average Bonchev–Trinajstić information content (AvgIpc) is 3.16. The number of nitrogens with one attached hydrogen (secondary N) is 1. The highest BCUT2D eigenvalue weighted by atomic mass is 16.2. The van der Waals surface area contributed by atoms with Gasteiger partial charge in [-0.15, -0.1) is 0 Å². The van der Waals surface area contributed by atoms with Crippen molar-refractivity contribution in [3.8, 4) is 0 Å². The molecule has 2 amide bonds. The van der Waals surface area contributed by atoms with Crippen LogP contribution in [0.4, 0.5) is 0 Å². The molecule has 0 atom stereocenters. The standard InChI is InChI=1S/C20H27N3O2/c1-16-6-2-3-7-18(16)17-8-12-22(13-9-17)15-19(24)21-14-20(25)23-10-4-5-11-23/h2-3,6-8H,4-5,9-15H2,1H3,(H,21,24). The summed E-state index contributed by atoms with van der Waals surface area (Å²) in [4.78, 5) is 28.0. The highest BCUT2D eigenvalue weighted by molar-refractivity contribution is 5.85. The van der Waals surface area contributed by atoms with Crippen LogP contribution >= 0.6 is 0 Å². The summed E-state index contributed by atoms with van der Waals surface area (Å²) >= 11 is 0. The van der Waals surface area contributed by atoms with Gasteiger partial charge in [0.15, 0.2) is 0 Å². The van der Waals surface area contributed by atoms with Crippen molar-refractivity contribution in [3.05, 3.63) is 41.5 Å². The first kappa shape index (κ1) is 17.7. The van der Waals surface area contributed by atoms with Gasteiger partial charge in [0.05, 0.1) is 13.1 Å². The van der Waals surface area contributed by atoms with Crippen LogP contribution in [0.3, 0.4) is 0 Å². The van der Waals surface area contributed by atoms with Gasteiger partial charge in [-0.05, 0) is 42.9 Å². The number of hydrogen-bond donors (Lipinski definition) is 1. The summed E-state index contributed by atoms with van der Waals surface area (Å²) in [6, 6.07) is 8.42. The van der Waals surface area contributed by atoms with Crippen LogP contribution in [0.1, 0.15) is 30.4 Å². The van der Waals surface area contributed by atoms with Gasteiger partial charge in [-0.2, -0.15) is 0 Å². The van der Waals surface area contributed by atoms with E-state index in [-0.39, 0.29) is 18.4 Å². The number of nitrogens with zero attached hydrogens (tertiary/aromatic N) is 2. The molecule has 2 aliphatic rings. The van der Waals surface area contributed by atoms with Gasteiger partial charge in [-0.25, -0.2) is 0 Å². The molecule has 0 bridgehead atoms. The summed E-state index contributed by atoms with van der Waals surface area (Å²) in [7, 11) is 0. The number of aryl methyl sites for hydroxylation is 1. The summed E-state index contributed by atoms with van der Waals surface area (Å²) in [6.07, 6.45) is 5.31. The molecule has 5 heteroatoms. The lowest BCUT2D eigenvalue weighted by atomic mass is 9.96. The van der Waals surface area contributed by atoms with Crippen LogP contribution in [0.5, 0.6) is 0 Å². The smallest absolute Gasteiger partial charge is 0.241 e. The second kappa shape index (κ2) is 8.30. The first-order valence-corrected chi connectivity index (χ1v) is 9.15. The minimum Gasteiger partial charge on any atom is -0.346 e. The molecule has 1 aromatic carbocycles. The largest absolute Gasteiger partial charge is 0.346 e. The lowest BCUT2D eigenvalue weighted by molar-refractivity contribution is -0.132. The highest BCUT2D eigenvalue weighted by Crippen LogP contribution is 2.24. The zero-order chi connectivity index (χ0) is 17.6. The fourth-order valence-electron chi connectivity index (χ4n) is 3.54. The van der Waals surface area contributed by atoms with Crippen molar-refractivity contribution in [1.29, 1.82) is 0 Å². The van der Waals surface area contributed by atoms with Gasteiger partial charge in [-0.3, -0.25) is 14.5 Å². The van der Waals surface area contributed by atoms with Gasteiger partial charge in [0.25, 0.3) is 0 Å². The Hall–Kier alpha value is -2.14. The Balaban J connectivity index is 1.44. The Bertz CT molecular complexity index is 663. The number of likely N-dealkylation sites (tertiary alicyclic amines) is 1. The first-order chi connectivity index (χ1) is 12.1. The maximum Gasteiger partial charge on any atom is 0.241 e. The first-order valence-electron chi connectivity index (χ1n) is 9.15. The molecule has 0 aromatic heterocycles. The minimum atomic E-state index is -0.0692. The molecule has 1 N–H and O–H groups in total. The van der Waals surface area contributed by atoms with E-state index in [0.29, 0.717) is 6.54 Å². The quantitative estimate of drug-likeness (QED) is 0.889. The summed E-state index contributed by atoms with van der Waals surface area (Å²) in [5.41, 5.74) is 3.96. The van der Waals surface area contributed by atoms with Crippen LogP contribution in [0, 0.1) is 6.92 Å². The highest BCUT2D eigenvalue weighted by Gasteiger charge is 2.20. The van der Waals surface area contributed by atoms with Crippen LogP contribution in [0.25, 0.3) is 5.57 Å². The molecule has 1 aromatic rings. The summed E-state index contributed by atoms with van der Waals surface area (Å²) in [5.74, 6) is -0.0356. The van der Waals surface area contributed by atoms with Crippen molar-refractivity contribution in [2.75, 3.05) is 39.3 Å². The topological polar surface area (TPSA) is 52.7 Å². The van der Waals surface area contributed by atoms with E-state index in [0.717, 1.165) is 45.4 Å². The van der Waals surface area contributed by atoms with Crippen LogP contribution in [0.15, 0.2) is 30.3 Å². The molecule has 2 heterocycles. The molecule has 3 rings (SSSR count). The normalized spacial score (nSPS) is 18.1. The number of rotatable bonds is 5. The van der Waals surface area contributed by atoms with E-state index in [9.17, 15) is 9.59 Å². The lowest BCUT2D eigenvalue weighted by Crippen LogP contribution is -2.43. The van der Waals surface area contributed by atoms with Crippen molar-refractivity contribution >= 4 is 17.4 Å². The second-order valence-electron chi connectivity index (χ2n) is 6.89. The summed E-state index contributed by atoms with van der Waals surface area (Å²) in [6.45, 7) is 5.90. The van der Waals surface area contributed by atoms with Crippen molar-refractivity contribution in [3.63, 3.8) is 0 Å². The molecular formula is C20H27N3O2. The van der Waals surface area contributed by atoms with Crippen LogP contribution in [-0.2, 0) is 9.59 Å². The van der Waals surface area contributed by atoms with Gasteiger partial charge in [0, 0.05) is 26.2 Å². The predicted octanol–water partition coefficient (Wildman–Crippen LogP) is 1.82. The van der Waals surface area contributed by atoms with Crippen LogP contribution in [0.2, 0.25) is 0 Å². The molecule has 25 heavy (non-hydrogen) atoms. The van der Waals surface area contributed by atoms with Crippen molar-refractivity contribution in [1.82, 2.24) is 15.1 Å². The Labute approximate surface area is 149 Å². The summed E-state index contributed by atoms with van der Waals surface area (Å²) < 4.78 is 0. The van der Waals surface area contributed by atoms with Gasteiger partial charge < -0.3 is 10.2 Å². The molecular weight excluding hydrogens is 314 g/mol. The maximum atomic E-state index is 12.1. The molecule has 0 radical (unpaired) electrons. The molecule has 1 saturated heterocycles. The molecule has 134 valence electrons. The zero-order valence-electron chi connectivity index (χ0n) is 15.0. The Morgan fingerprint density at radius 1 is 1.12 bits per heavy atom. The molecule has 2 aliphatic heterocycles. The monoisotopic (exact) mass is 341 g/mol. The zero-order valence-corrected chi connectivity index (χ0v) is 15.0. The van der Waals surface area contributed by atoms with E-state index in [4.69, 9.17) is 0 Å². The van der Waals surface area contributed by atoms with E-state index < -0.39 is 0 Å². The number of benzene rings is 1. The lowest BCUT2D eigenvalue weighted by Gasteiger charge is -2.26. The van der Waals surface area contributed by atoms with E-state index in [1.54, 1.807) is 0 Å². The van der Waals surface area contributed by atoms with Crippen LogP contribution in [-0.4, -0.2) is 60.9 Å². The SMILES string of the molecule is Cc1ccccc1C1=CCN(CC(=O)NCC(=O)N2CCCC2)CC1. The van der Waals surface area contributed by atoms with E-state index in [1.807, 2.05) is 4.90 Å². The fourth-order valence-corrected chi connectivity index (χ4v) is 3.54. The molecule has 0 spiro atoms. The van der Waals surface area contributed by atoms with Gasteiger partial charge in [-0.1, -0.05) is 30.3 Å². The average molecular weight is 341 g/mol. The third-order valence-corrected chi connectivity index (χ3v) is 5.05. The fraction of sp³-hybridized carbons (Fsp3) is 0.500. The molecule has 0 saturated carbocycles. The molecule has 0 aliphatic carbocycles. The van der Waals surface area contributed by atoms with E-state index in [1.165, 1.54) is 16.7 Å². The van der Waals surface area contributed by atoms with Crippen molar-refractivity contribution in [2.45, 2.75) is 26.2 Å². The minimum absolute atomic E-state index is 0.0335.